The summed E-state index contributed by atoms with van der Waals surface area (Å²) < 4.78 is 12.8. The van der Waals surface area contributed by atoms with Crippen molar-refractivity contribution in [3.8, 4) is 0 Å². The molecule has 2 rings (SSSR count). The van der Waals surface area contributed by atoms with Gasteiger partial charge >= 0.3 is 0 Å². The number of thiazole rings is 1. The maximum absolute atomic E-state index is 12.8. The van der Waals surface area contributed by atoms with Gasteiger partial charge < -0.3 is 5.32 Å². The number of aromatic nitrogens is 2. The Morgan fingerprint density at radius 2 is 2.31 bits per heavy atom. The lowest BCUT2D eigenvalue weighted by Gasteiger charge is -2.02. The lowest BCUT2D eigenvalue weighted by molar-refractivity contribution is 0.585. The molecule has 2 heterocycles. The van der Waals surface area contributed by atoms with Gasteiger partial charge in [-0.1, -0.05) is 13.0 Å². The van der Waals surface area contributed by atoms with Gasteiger partial charge in [0.25, 0.3) is 0 Å². The number of hydrogen-bond donors (Lipinski definition) is 1. The molecule has 2 aromatic heterocycles. The second-order valence-corrected chi connectivity index (χ2v) is 4.47. The van der Waals surface area contributed by atoms with E-state index in [9.17, 15) is 4.39 Å². The summed E-state index contributed by atoms with van der Waals surface area (Å²) in [4.78, 5) is 9.10. The number of nitrogens with zero attached hydrogens (tertiary/aromatic N) is 2. The zero-order chi connectivity index (χ0) is 11.4. The molecule has 0 bridgehead atoms. The molecule has 0 aliphatic heterocycles. The van der Waals surface area contributed by atoms with E-state index in [-0.39, 0.29) is 0 Å². The molecule has 0 fully saturated rings. The lowest BCUT2D eigenvalue weighted by Crippen LogP contribution is -2.00. The van der Waals surface area contributed by atoms with Crippen LogP contribution >= 0.6 is 11.3 Å². The van der Waals surface area contributed by atoms with Gasteiger partial charge in [-0.25, -0.2) is 9.97 Å². The highest BCUT2D eigenvalue weighted by atomic mass is 32.1. The maximum atomic E-state index is 12.8. The van der Waals surface area contributed by atoms with Gasteiger partial charge in [-0.3, -0.25) is 0 Å². The van der Waals surface area contributed by atoms with Gasteiger partial charge in [0, 0.05) is 11.1 Å². The molecule has 16 heavy (non-hydrogen) atoms. The lowest BCUT2D eigenvalue weighted by atomic mass is 10.4. The quantitative estimate of drug-likeness (QED) is 0.831. The second kappa shape index (κ2) is 5.03. The summed E-state index contributed by atoms with van der Waals surface area (Å²) in [5, 5.41) is 4.17. The fraction of sp³-hybridized carbons (Fsp3) is 0.273. The molecule has 0 atom stereocenters. The summed E-state index contributed by atoms with van der Waals surface area (Å²) in [5.74, 6) is 0.0787. The summed E-state index contributed by atoms with van der Waals surface area (Å²) >= 11 is 1.66. The molecular formula is C11H12FN3S. The number of rotatable bonds is 4. The Balaban J connectivity index is 1.96. The molecule has 0 amide bonds. The Morgan fingerprint density at radius 1 is 1.44 bits per heavy atom. The van der Waals surface area contributed by atoms with Crippen LogP contribution in [0.15, 0.2) is 24.4 Å². The first kappa shape index (κ1) is 11.0. The molecule has 2 aromatic rings. The van der Waals surface area contributed by atoms with Crippen molar-refractivity contribution in [3.05, 3.63) is 40.2 Å². The van der Waals surface area contributed by atoms with Crippen LogP contribution in [0.3, 0.4) is 0 Å². The molecule has 5 heteroatoms. The van der Waals surface area contributed by atoms with E-state index in [2.05, 4.69) is 22.2 Å². The first-order valence-electron chi connectivity index (χ1n) is 5.08. The minimum Gasteiger partial charge on any atom is -0.365 e. The highest BCUT2D eigenvalue weighted by molar-refractivity contribution is 7.11. The molecule has 3 nitrogen and oxygen atoms in total. The van der Waals surface area contributed by atoms with Crippen molar-refractivity contribution >= 4 is 17.2 Å². The van der Waals surface area contributed by atoms with Crippen LogP contribution in [0.4, 0.5) is 10.2 Å². The Bertz CT molecular complexity index is 470. The predicted molar refractivity (Wildman–Crippen MR) is 63.0 cm³/mol. The summed E-state index contributed by atoms with van der Waals surface area (Å²) in [5.41, 5.74) is 0. The highest BCUT2D eigenvalue weighted by Crippen LogP contribution is 2.14. The van der Waals surface area contributed by atoms with E-state index in [0.717, 1.165) is 16.3 Å². The molecule has 0 aliphatic carbocycles. The molecule has 0 aliphatic rings. The fourth-order valence-corrected chi connectivity index (χ4v) is 2.08. The van der Waals surface area contributed by atoms with Crippen LogP contribution in [0.25, 0.3) is 0 Å². The van der Waals surface area contributed by atoms with Crippen molar-refractivity contribution < 1.29 is 4.39 Å². The normalized spacial score (nSPS) is 10.4. The SMILES string of the molecule is CCc1ncc(CNc2cccc(F)n2)s1. The van der Waals surface area contributed by atoms with Gasteiger partial charge in [0.1, 0.15) is 5.82 Å². The van der Waals surface area contributed by atoms with Crippen LogP contribution in [0.2, 0.25) is 0 Å². The topological polar surface area (TPSA) is 37.8 Å². The van der Waals surface area contributed by atoms with E-state index >= 15 is 0 Å². The van der Waals surface area contributed by atoms with Gasteiger partial charge in [0.05, 0.1) is 11.6 Å². The third-order valence-electron chi connectivity index (χ3n) is 2.06. The number of anilines is 1. The van der Waals surface area contributed by atoms with Crippen LogP contribution in [0, 0.1) is 5.95 Å². The summed E-state index contributed by atoms with van der Waals surface area (Å²) in [6, 6.07) is 4.70. The van der Waals surface area contributed by atoms with Crippen LogP contribution < -0.4 is 5.32 Å². The standard InChI is InChI=1S/C11H12FN3S/c1-2-11-14-7-8(16-11)6-13-10-5-3-4-9(12)15-10/h3-5,7H,2,6H2,1H3,(H,13,15). The molecule has 0 saturated heterocycles. The summed E-state index contributed by atoms with van der Waals surface area (Å²) in [6.07, 6.45) is 2.79. The van der Waals surface area contributed by atoms with Gasteiger partial charge in [-0.15, -0.1) is 11.3 Å². The van der Waals surface area contributed by atoms with E-state index in [1.54, 1.807) is 23.5 Å². The first-order chi connectivity index (χ1) is 7.78. The third kappa shape index (κ3) is 2.76. The van der Waals surface area contributed by atoms with Gasteiger partial charge in [-0.2, -0.15) is 4.39 Å². The third-order valence-corrected chi connectivity index (χ3v) is 3.20. The van der Waals surface area contributed by atoms with Crippen LogP contribution in [0.1, 0.15) is 16.8 Å². The Morgan fingerprint density at radius 3 is 3.00 bits per heavy atom. The molecule has 0 spiro atoms. The molecular weight excluding hydrogens is 225 g/mol. The Kier molecular flexibility index (Phi) is 3.46. The number of hydrogen-bond acceptors (Lipinski definition) is 4. The molecule has 0 radical (unpaired) electrons. The van der Waals surface area contributed by atoms with Crippen molar-refractivity contribution in [3.63, 3.8) is 0 Å². The van der Waals surface area contributed by atoms with E-state index in [0.29, 0.717) is 12.4 Å². The van der Waals surface area contributed by atoms with Crippen molar-refractivity contribution in [2.45, 2.75) is 19.9 Å². The minimum absolute atomic E-state index is 0.469. The van der Waals surface area contributed by atoms with Crippen LogP contribution in [-0.4, -0.2) is 9.97 Å². The van der Waals surface area contributed by atoms with Crippen molar-refractivity contribution in [2.75, 3.05) is 5.32 Å². The van der Waals surface area contributed by atoms with E-state index in [1.807, 2.05) is 6.20 Å². The van der Waals surface area contributed by atoms with Gasteiger partial charge in [0.15, 0.2) is 0 Å². The van der Waals surface area contributed by atoms with E-state index in [4.69, 9.17) is 0 Å². The molecule has 0 unspecified atom stereocenters. The fourth-order valence-electron chi connectivity index (χ4n) is 1.28. The van der Waals surface area contributed by atoms with Crippen LogP contribution in [-0.2, 0) is 13.0 Å². The average molecular weight is 237 g/mol. The predicted octanol–water partition coefficient (Wildman–Crippen LogP) is 2.85. The van der Waals surface area contributed by atoms with Crippen molar-refractivity contribution in [2.24, 2.45) is 0 Å². The van der Waals surface area contributed by atoms with E-state index in [1.165, 1.54) is 6.07 Å². The summed E-state index contributed by atoms with van der Waals surface area (Å²) in [7, 11) is 0. The van der Waals surface area contributed by atoms with Crippen LogP contribution in [0.5, 0.6) is 0 Å². The first-order valence-corrected chi connectivity index (χ1v) is 5.89. The molecule has 0 aromatic carbocycles. The number of aryl methyl sites for hydroxylation is 1. The summed E-state index contributed by atoms with van der Waals surface area (Å²) in [6.45, 7) is 2.71. The molecule has 0 saturated carbocycles. The van der Waals surface area contributed by atoms with Crippen molar-refractivity contribution in [1.29, 1.82) is 0 Å². The Hall–Kier alpha value is -1.49. The van der Waals surface area contributed by atoms with E-state index < -0.39 is 5.95 Å². The second-order valence-electron chi connectivity index (χ2n) is 3.27. The monoisotopic (exact) mass is 237 g/mol. The zero-order valence-electron chi connectivity index (χ0n) is 8.90. The molecule has 1 N–H and O–H groups in total. The van der Waals surface area contributed by atoms with Crippen molar-refractivity contribution in [1.82, 2.24) is 9.97 Å². The van der Waals surface area contributed by atoms with Gasteiger partial charge in [0.2, 0.25) is 5.95 Å². The Labute approximate surface area is 97.4 Å². The van der Waals surface area contributed by atoms with Gasteiger partial charge in [-0.05, 0) is 18.6 Å². The molecule has 84 valence electrons. The number of pyridine rings is 1. The zero-order valence-corrected chi connectivity index (χ0v) is 9.72. The number of nitrogens with one attached hydrogen (secondary N) is 1. The largest absolute Gasteiger partial charge is 0.365 e. The average Bonchev–Trinajstić information content (AvgIpc) is 2.74. The maximum Gasteiger partial charge on any atom is 0.214 e. The number of halogens is 1. The smallest absolute Gasteiger partial charge is 0.214 e. The highest BCUT2D eigenvalue weighted by Gasteiger charge is 2.01. The minimum atomic E-state index is -0.469.